The molecule has 0 aliphatic carbocycles. The van der Waals surface area contributed by atoms with Gasteiger partial charge < -0.3 is 10.0 Å². The van der Waals surface area contributed by atoms with Gasteiger partial charge in [-0.1, -0.05) is 24.3 Å². The van der Waals surface area contributed by atoms with Gasteiger partial charge in [0, 0.05) is 31.0 Å². The highest BCUT2D eigenvalue weighted by atomic mass is 16.3. The number of β-amino-alcohol motifs (C(OH)–C–C–N with tert-alkyl or cyclic N) is 1. The van der Waals surface area contributed by atoms with Crippen LogP contribution in [-0.2, 0) is 0 Å². The lowest BCUT2D eigenvalue weighted by Crippen LogP contribution is -2.34. The zero-order valence-electron chi connectivity index (χ0n) is 11.4. The molecule has 1 N–H and O–H groups in total. The molecule has 0 fully saturated rings. The normalized spacial score (nSPS) is 18.8. The van der Waals surface area contributed by atoms with Gasteiger partial charge in [0.25, 0.3) is 0 Å². The largest absolute Gasteiger partial charge is 0.389 e. The molecular weight excluding hydrogens is 250 g/mol. The van der Waals surface area contributed by atoms with Crippen molar-refractivity contribution in [1.29, 1.82) is 0 Å². The predicted molar refractivity (Wildman–Crippen MR) is 80.5 cm³/mol. The molecule has 0 saturated heterocycles. The van der Waals surface area contributed by atoms with Crippen molar-refractivity contribution in [3.63, 3.8) is 0 Å². The smallest absolute Gasteiger partial charge is 0.0925 e. The van der Waals surface area contributed by atoms with Crippen LogP contribution in [0.1, 0.15) is 11.3 Å². The SMILES string of the molecule is CN1CC(O)CN=C(c2ccccn2)c2ccccc21. The van der Waals surface area contributed by atoms with Crippen molar-refractivity contribution in [3.8, 4) is 0 Å². The van der Waals surface area contributed by atoms with Crippen molar-refractivity contribution in [1.82, 2.24) is 4.98 Å². The summed E-state index contributed by atoms with van der Waals surface area (Å²) in [5.74, 6) is 0. The van der Waals surface area contributed by atoms with Crippen LogP contribution in [0.3, 0.4) is 0 Å². The van der Waals surface area contributed by atoms with E-state index in [1.807, 2.05) is 43.4 Å². The molecule has 1 aliphatic heterocycles. The molecule has 1 atom stereocenters. The molecule has 2 heterocycles. The van der Waals surface area contributed by atoms with E-state index in [1.165, 1.54) is 0 Å². The van der Waals surface area contributed by atoms with Gasteiger partial charge in [0.1, 0.15) is 0 Å². The van der Waals surface area contributed by atoms with Gasteiger partial charge >= 0.3 is 0 Å². The Labute approximate surface area is 118 Å². The van der Waals surface area contributed by atoms with Gasteiger partial charge in [0.15, 0.2) is 0 Å². The van der Waals surface area contributed by atoms with Gasteiger partial charge in [-0.2, -0.15) is 0 Å². The molecule has 20 heavy (non-hydrogen) atoms. The summed E-state index contributed by atoms with van der Waals surface area (Å²) in [6, 6.07) is 13.9. The van der Waals surface area contributed by atoms with Gasteiger partial charge in [-0.05, 0) is 18.2 Å². The first-order valence-electron chi connectivity index (χ1n) is 6.70. The Bertz CT molecular complexity index is 625. The van der Waals surface area contributed by atoms with Crippen molar-refractivity contribution < 1.29 is 5.11 Å². The Morgan fingerprint density at radius 1 is 1.15 bits per heavy atom. The summed E-state index contributed by atoms with van der Waals surface area (Å²) in [4.78, 5) is 11.0. The van der Waals surface area contributed by atoms with Crippen LogP contribution in [0, 0.1) is 0 Å². The Kier molecular flexibility index (Phi) is 3.48. The molecule has 0 saturated carbocycles. The number of aliphatic hydroxyl groups excluding tert-OH is 1. The van der Waals surface area contributed by atoms with Crippen molar-refractivity contribution >= 4 is 11.4 Å². The molecule has 3 rings (SSSR count). The Hall–Kier alpha value is -2.20. The fraction of sp³-hybridized carbons (Fsp3) is 0.250. The first-order chi connectivity index (χ1) is 9.75. The van der Waals surface area contributed by atoms with Gasteiger partial charge in [-0.3, -0.25) is 9.98 Å². The molecule has 1 aliphatic rings. The summed E-state index contributed by atoms with van der Waals surface area (Å²) >= 11 is 0. The van der Waals surface area contributed by atoms with Crippen LogP contribution in [-0.4, -0.2) is 42.0 Å². The molecule has 2 aromatic rings. The average Bonchev–Trinajstić information content (AvgIpc) is 2.47. The maximum absolute atomic E-state index is 10.0. The topological polar surface area (TPSA) is 48.7 Å². The van der Waals surface area contributed by atoms with E-state index in [2.05, 4.69) is 20.9 Å². The lowest BCUT2D eigenvalue weighted by atomic mass is 10.0. The average molecular weight is 267 g/mol. The second-order valence-corrected chi connectivity index (χ2v) is 4.96. The van der Waals surface area contributed by atoms with Gasteiger partial charge in [0.05, 0.1) is 24.1 Å². The molecule has 4 nitrogen and oxygen atoms in total. The van der Waals surface area contributed by atoms with E-state index in [9.17, 15) is 5.11 Å². The van der Waals surface area contributed by atoms with Crippen LogP contribution < -0.4 is 4.90 Å². The van der Waals surface area contributed by atoms with E-state index in [0.29, 0.717) is 13.1 Å². The second-order valence-electron chi connectivity index (χ2n) is 4.96. The monoisotopic (exact) mass is 267 g/mol. The second kappa shape index (κ2) is 5.43. The van der Waals surface area contributed by atoms with Crippen molar-refractivity contribution in [2.24, 2.45) is 4.99 Å². The third-order valence-corrected chi connectivity index (χ3v) is 3.42. The zero-order valence-corrected chi connectivity index (χ0v) is 11.4. The molecule has 0 spiro atoms. The minimum Gasteiger partial charge on any atom is -0.389 e. The number of nitrogens with zero attached hydrogens (tertiary/aromatic N) is 3. The molecule has 0 bridgehead atoms. The quantitative estimate of drug-likeness (QED) is 0.856. The summed E-state index contributed by atoms with van der Waals surface area (Å²) < 4.78 is 0. The van der Waals surface area contributed by atoms with E-state index < -0.39 is 6.10 Å². The van der Waals surface area contributed by atoms with Gasteiger partial charge in [0.2, 0.25) is 0 Å². The number of benzene rings is 1. The zero-order chi connectivity index (χ0) is 13.9. The van der Waals surface area contributed by atoms with Crippen molar-refractivity contribution in [2.45, 2.75) is 6.10 Å². The fourth-order valence-electron chi connectivity index (χ4n) is 2.48. The number of fused-ring (bicyclic) bond motifs is 1. The van der Waals surface area contributed by atoms with E-state index in [-0.39, 0.29) is 0 Å². The number of pyridine rings is 1. The first kappa shape index (κ1) is 12.8. The third kappa shape index (κ3) is 2.42. The Balaban J connectivity index is 2.16. The van der Waals surface area contributed by atoms with E-state index in [0.717, 1.165) is 22.7 Å². The number of likely N-dealkylation sites (N-methyl/N-ethyl adjacent to an activating group) is 1. The molecule has 102 valence electrons. The van der Waals surface area contributed by atoms with E-state index in [4.69, 9.17) is 0 Å². The Morgan fingerprint density at radius 3 is 2.75 bits per heavy atom. The summed E-state index contributed by atoms with van der Waals surface area (Å²) in [5.41, 5.74) is 3.80. The highest BCUT2D eigenvalue weighted by Crippen LogP contribution is 2.24. The number of anilines is 1. The highest BCUT2D eigenvalue weighted by molar-refractivity contribution is 6.15. The van der Waals surface area contributed by atoms with Gasteiger partial charge in [-0.25, -0.2) is 0 Å². The van der Waals surface area contributed by atoms with Gasteiger partial charge in [-0.15, -0.1) is 0 Å². The summed E-state index contributed by atoms with van der Waals surface area (Å²) in [5, 5.41) is 10.0. The van der Waals surface area contributed by atoms with Crippen LogP contribution in [0.25, 0.3) is 0 Å². The lowest BCUT2D eigenvalue weighted by Gasteiger charge is -2.27. The summed E-state index contributed by atoms with van der Waals surface area (Å²) in [6.07, 6.45) is 1.30. The minimum absolute atomic E-state index is 0.393. The molecule has 0 radical (unpaired) electrons. The maximum atomic E-state index is 10.0. The molecule has 0 amide bonds. The lowest BCUT2D eigenvalue weighted by molar-refractivity contribution is 0.190. The maximum Gasteiger partial charge on any atom is 0.0925 e. The Morgan fingerprint density at radius 2 is 1.95 bits per heavy atom. The number of aliphatic hydroxyl groups is 1. The number of aliphatic imine (C=N–C) groups is 1. The minimum atomic E-state index is -0.466. The third-order valence-electron chi connectivity index (χ3n) is 3.42. The standard InChI is InChI=1S/C16H17N3O/c1-19-11-12(20)10-18-16(14-7-4-5-9-17-14)13-6-2-3-8-15(13)19/h2-9,12,20H,10-11H2,1H3. The molecular formula is C16H17N3O. The number of para-hydroxylation sites is 1. The predicted octanol–water partition coefficient (Wildman–Crippen LogP) is 1.73. The molecule has 4 heteroatoms. The molecule has 1 unspecified atom stereocenters. The molecule has 1 aromatic carbocycles. The molecule has 1 aromatic heterocycles. The van der Waals surface area contributed by atoms with E-state index in [1.54, 1.807) is 6.20 Å². The number of hydrogen-bond acceptors (Lipinski definition) is 4. The van der Waals surface area contributed by atoms with Crippen molar-refractivity contribution in [2.75, 3.05) is 25.0 Å². The van der Waals surface area contributed by atoms with Crippen molar-refractivity contribution in [3.05, 3.63) is 59.9 Å². The van der Waals surface area contributed by atoms with Crippen LogP contribution >= 0.6 is 0 Å². The number of hydrogen-bond donors (Lipinski definition) is 1. The van der Waals surface area contributed by atoms with Crippen LogP contribution in [0.2, 0.25) is 0 Å². The number of rotatable bonds is 1. The summed E-state index contributed by atoms with van der Waals surface area (Å²) in [7, 11) is 1.99. The number of aromatic nitrogens is 1. The fourth-order valence-corrected chi connectivity index (χ4v) is 2.48. The van der Waals surface area contributed by atoms with Crippen LogP contribution in [0.5, 0.6) is 0 Å². The summed E-state index contributed by atoms with van der Waals surface area (Å²) in [6.45, 7) is 0.973. The first-order valence-corrected chi connectivity index (χ1v) is 6.70. The van der Waals surface area contributed by atoms with Crippen LogP contribution in [0.15, 0.2) is 53.7 Å². The highest BCUT2D eigenvalue weighted by Gasteiger charge is 2.19. The van der Waals surface area contributed by atoms with E-state index >= 15 is 0 Å². The van der Waals surface area contributed by atoms with Crippen LogP contribution in [0.4, 0.5) is 5.69 Å².